The summed E-state index contributed by atoms with van der Waals surface area (Å²) in [6.07, 6.45) is 0. The quantitative estimate of drug-likeness (QED) is 0.455. The zero-order chi connectivity index (χ0) is 19.7. The van der Waals surface area contributed by atoms with E-state index in [9.17, 15) is 24.6 Å². The van der Waals surface area contributed by atoms with Gasteiger partial charge in [-0.15, -0.1) is 0 Å². The molecule has 0 amide bonds. The predicted octanol–water partition coefficient (Wildman–Crippen LogP) is 2.97. The van der Waals surface area contributed by atoms with E-state index >= 15 is 0 Å². The maximum Gasteiger partial charge on any atom is 0.322 e. The molecular weight excluding hydrogens is 350 g/mol. The van der Waals surface area contributed by atoms with Crippen molar-refractivity contribution in [1.82, 2.24) is 4.98 Å². The number of hydrogen-bond acceptors (Lipinski definition) is 4. The second-order valence-corrected chi connectivity index (χ2v) is 6.13. The van der Waals surface area contributed by atoms with Crippen LogP contribution < -0.4 is 4.74 Å². The normalized spacial score (nSPS) is 10.9. The lowest BCUT2D eigenvalue weighted by Crippen LogP contribution is -2.23. The van der Waals surface area contributed by atoms with Crippen molar-refractivity contribution < 1.29 is 29.3 Å². The number of methoxy groups -OCH3 is 1. The number of aromatic nitrogens is 1. The zero-order valence-electron chi connectivity index (χ0n) is 14.6. The zero-order valence-corrected chi connectivity index (χ0v) is 14.6. The number of ketones is 1. The number of H-pyrrole nitrogens is 1. The van der Waals surface area contributed by atoms with Gasteiger partial charge in [0.2, 0.25) is 5.78 Å². The predicted molar refractivity (Wildman–Crippen MR) is 97.5 cm³/mol. The fraction of sp³-hybridized carbons (Fsp3) is 0.150. The second-order valence-electron chi connectivity index (χ2n) is 6.13. The maximum absolute atomic E-state index is 13.0. The Balaban J connectivity index is 2.31. The molecule has 0 aliphatic heterocycles. The number of carbonyl (C=O) groups excluding carboxylic acids is 1. The molecule has 0 spiro atoms. The van der Waals surface area contributed by atoms with Crippen molar-refractivity contribution in [2.45, 2.75) is 12.8 Å². The number of ether oxygens (including phenoxy) is 1. The molecule has 0 aliphatic rings. The van der Waals surface area contributed by atoms with Crippen LogP contribution in [0.25, 0.3) is 10.9 Å². The third kappa shape index (κ3) is 3.27. The van der Waals surface area contributed by atoms with E-state index in [-0.39, 0.29) is 11.3 Å². The highest BCUT2D eigenvalue weighted by Gasteiger charge is 2.35. The molecule has 1 aromatic heterocycles. The lowest BCUT2D eigenvalue weighted by molar-refractivity contribution is -0.149. The van der Waals surface area contributed by atoms with Crippen LogP contribution >= 0.6 is 0 Å². The third-order valence-corrected chi connectivity index (χ3v) is 4.34. The number of carboxylic acid groups (broad SMARTS) is 2. The van der Waals surface area contributed by atoms with Gasteiger partial charge in [-0.2, -0.15) is 0 Å². The molecule has 0 bridgehead atoms. The van der Waals surface area contributed by atoms with E-state index in [4.69, 9.17) is 4.74 Å². The molecule has 138 valence electrons. The topological polar surface area (TPSA) is 117 Å². The summed E-state index contributed by atoms with van der Waals surface area (Å²) in [5.74, 6) is -5.05. The van der Waals surface area contributed by atoms with Crippen LogP contribution in [0.3, 0.4) is 0 Å². The summed E-state index contributed by atoms with van der Waals surface area (Å²) in [5.41, 5.74) is 1.50. The van der Waals surface area contributed by atoms with Crippen LogP contribution in [0.1, 0.15) is 33.1 Å². The Morgan fingerprint density at radius 2 is 1.74 bits per heavy atom. The Kier molecular flexibility index (Phi) is 4.68. The summed E-state index contributed by atoms with van der Waals surface area (Å²) in [7, 11) is 1.44. The first-order valence-electron chi connectivity index (χ1n) is 8.10. The van der Waals surface area contributed by atoms with Gasteiger partial charge in [-0.1, -0.05) is 23.8 Å². The van der Waals surface area contributed by atoms with Crippen LogP contribution in [0.15, 0.2) is 42.5 Å². The first kappa shape index (κ1) is 18.2. The Labute approximate surface area is 154 Å². The van der Waals surface area contributed by atoms with Gasteiger partial charge in [-0.25, -0.2) is 0 Å². The molecule has 27 heavy (non-hydrogen) atoms. The van der Waals surface area contributed by atoms with Crippen molar-refractivity contribution in [3.8, 4) is 5.75 Å². The number of benzene rings is 2. The molecular formula is C20H17NO6. The minimum atomic E-state index is -1.89. The number of fused-ring (bicyclic) bond motifs is 1. The van der Waals surface area contributed by atoms with Crippen LogP contribution in [0.4, 0.5) is 0 Å². The van der Waals surface area contributed by atoms with Crippen LogP contribution in [0, 0.1) is 6.92 Å². The largest absolute Gasteiger partial charge is 0.497 e. The molecule has 3 rings (SSSR count). The first-order valence-corrected chi connectivity index (χ1v) is 8.10. The first-order chi connectivity index (χ1) is 12.8. The van der Waals surface area contributed by atoms with Gasteiger partial charge < -0.3 is 19.9 Å². The van der Waals surface area contributed by atoms with Crippen molar-refractivity contribution in [3.05, 3.63) is 64.8 Å². The summed E-state index contributed by atoms with van der Waals surface area (Å²) in [5, 5.41) is 19.3. The van der Waals surface area contributed by atoms with E-state index < -0.39 is 23.6 Å². The van der Waals surface area contributed by atoms with Crippen molar-refractivity contribution in [2.24, 2.45) is 0 Å². The minimum Gasteiger partial charge on any atom is -0.497 e. The van der Waals surface area contributed by atoms with Gasteiger partial charge in [-0.05, 0) is 31.2 Å². The van der Waals surface area contributed by atoms with Gasteiger partial charge >= 0.3 is 11.9 Å². The van der Waals surface area contributed by atoms with Crippen LogP contribution in [0.2, 0.25) is 0 Å². The summed E-state index contributed by atoms with van der Waals surface area (Å²) >= 11 is 0. The monoisotopic (exact) mass is 367 g/mol. The summed E-state index contributed by atoms with van der Waals surface area (Å²) in [6.45, 7) is 1.82. The fourth-order valence-electron chi connectivity index (χ4n) is 3.08. The number of nitrogens with one attached hydrogen (secondary N) is 1. The van der Waals surface area contributed by atoms with E-state index in [1.54, 1.807) is 30.3 Å². The molecule has 0 saturated heterocycles. The maximum atomic E-state index is 13.0. The SMILES string of the molecule is COc1ccc2[nH]c(C(=O)c3cccc(C)c3)c(C(C(=O)O)C(=O)O)c2c1. The van der Waals surface area contributed by atoms with Crippen molar-refractivity contribution >= 4 is 28.6 Å². The third-order valence-electron chi connectivity index (χ3n) is 4.34. The molecule has 3 N–H and O–H groups in total. The molecule has 0 saturated carbocycles. The Hall–Kier alpha value is -3.61. The van der Waals surface area contributed by atoms with Crippen molar-refractivity contribution in [1.29, 1.82) is 0 Å². The number of carbonyl (C=O) groups is 3. The number of hydrogen-bond donors (Lipinski definition) is 3. The van der Waals surface area contributed by atoms with E-state index in [0.29, 0.717) is 22.2 Å². The highest BCUT2D eigenvalue weighted by molar-refractivity contribution is 6.15. The van der Waals surface area contributed by atoms with Crippen LogP contribution in [-0.2, 0) is 9.59 Å². The fourth-order valence-corrected chi connectivity index (χ4v) is 3.08. The molecule has 0 aliphatic carbocycles. The average Bonchev–Trinajstić information content (AvgIpc) is 2.99. The summed E-state index contributed by atoms with van der Waals surface area (Å²) in [4.78, 5) is 39.3. The standard InChI is InChI=1S/C20H17NO6/c1-10-4-3-5-11(8-10)18(22)17-15(16(19(23)24)20(25)26)13-9-12(27-2)6-7-14(13)21-17/h3-9,16,21H,1-2H3,(H,23,24)(H,25,26). The average molecular weight is 367 g/mol. The van der Waals surface area contributed by atoms with Gasteiger partial charge in [0.15, 0.2) is 5.92 Å². The molecule has 0 unspecified atom stereocenters. The van der Waals surface area contributed by atoms with Crippen LogP contribution in [0.5, 0.6) is 5.75 Å². The number of aliphatic carboxylic acids is 2. The molecule has 0 atom stereocenters. The molecule has 1 heterocycles. The lowest BCUT2D eigenvalue weighted by Gasteiger charge is -2.10. The number of rotatable bonds is 6. The van der Waals surface area contributed by atoms with Crippen molar-refractivity contribution in [2.75, 3.05) is 7.11 Å². The highest BCUT2D eigenvalue weighted by Crippen LogP contribution is 2.34. The molecule has 7 nitrogen and oxygen atoms in total. The Morgan fingerprint density at radius 3 is 2.33 bits per heavy atom. The molecule has 0 fully saturated rings. The van der Waals surface area contributed by atoms with Gasteiger partial charge in [0, 0.05) is 22.0 Å². The number of carboxylic acids is 2. The van der Waals surface area contributed by atoms with E-state index in [1.807, 2.05) is 13.0 Å². The smallest absolute Gasteiger partial charge is 0.322 e. The number of aromatic amines is 1. The summed E-state index contributed by atoms with van der Waals surface area (Å²) < 4.78 is 5.15. The Morgan fingerprint density at radius 1 is 1.04 bits per heavy atom. The van der Waals surface area contributed by atoms with E-state index in [2.05, 4.69) is 4.98 Å². The van der Waals surface area contributed by atoms with Crippen molar-refractivity contribution in [3.63, 3.8) is 0 Å². The Bertz CT molecular complexity index is 1050. The highest BCUT2D eigenvalue weighted by atomic mass is 16.5. The lowest BCUT2D eigenvalue weighted by atomic mass is 9.92. The van der Waals surface area contributed by atoms with Crippen LogP contribution in [-0.4, -0.2) is 40.0 Å². The van der Waals surface area contributed by atoms with Gasteiger partial charge in [0.25, 0.3) is 0 Å². The molecule has 2 aromatic carbocycles. The minimum absolute atomic E-state index is 0.0568. The van der Waals surface area contributed by atoms with E-state index in [1.165, 1.54) is 13.2 Å². The van der Waals surface area contributed by atoms with Gasteiger partial charge in [0.05, 0.1) is 12.8 Å². The number of aryl methyl sites for hydroxylation is 1. The van der Waals surface area contributed by atoms with E-state index in [0.717, 1.165) is 5.56 Å². The molecule has 0 radical (unpaired) electrons. The molecule has 7 heteroatoms. The summed E-state index contributed by atoms with van der Waals surface area (Å²) in [6, 6.07) is 11.6. The van der Waals surface area contributed by atoms with Gasteiger partial charge in [-0.3, -0.25) is 14.4 Å². The molecule has 3 aromatic rings. The van der Waals surface area contributed by atoms with Gasteiger partial charge in [0.1, 0.15) is 5.75 Å². The second kappa shape index (κ2) is 6.95.